The fraction of sp³-hybridized carbons (Fsp3) is 1.00. The molecule has 82 valence electrons. The molecule has 2 rings (SSSR count). The van der Waals surface area contributed by atoms with E-state index in [2.05, 4.69) is 25.4 Å². The molecular weight excluding hydrogens is 217 g/mol. The fourth-order valence-corrected chi connectivity index (χ4v) is 5.58. The molecule has 2 nitrogen and oxygen atoms in total. The van der Waals surface area contributed by atoms with Gasteiger partial charge >= 0.3 is 0 Å². The molecule has 2 fully saturated rings. The summed E-state index contributed by atoms with van der Waals surface area (Å²) in [5.41, 5.74) is 0.0377. The predicted octanol–water partition coefficient (Wildman–Crippen LogP) is 3.89. The third-order valence-electron chi connectivity index (χ3n) is 3.42. The van der Waals surface area contributed by atoms with Gasteiger partial charge in [0, 0.05) is 12.1 Å². The van der Waals surface area contributed by atoms with Crippen molar-refractivity contribution in [2.45, 2.75) is 64.1 Å². The first-order chi connectivity index (χ1) is 6.54. The molecule has 0 aromatic heterocycles. The summed E-state index contributed by atoms with van der Waals surface area (Å²) in [6.07, 6.45) is 5.04. The van der Waals surface area contributed by atoms with Crippen LogP contribution in [0.15, 0.2) is 0 Å². The van der Waals surface area contributed by atoms with Gasteiger partial charge in [0.25, 0.3) is 0 Å². The lowest BCUT2D eigenvalue weighted by atomic mass is 9.81. The SMILES string of the molecule is CC(C)N1[C@H]2CCCC[C@@]2(C)OP1Cl. The summed E-state index contributed by atoms with van der Waals surface area (Å²) >= 11 is 6.31. The highest BCUT2D eigenvalue weighted by atomic mass is 35.7. The van der Waals surface area contributed by atoms with Gasteiger partial charge in [-0.25, -0.2) is 4.67 Å². The molecule has 0 radical (unpaired) electrons. The van der Waals surface area contributed by atoms with E-state index < -0.39 is 7.65 Å². The first-order valence-electron chi connectivity index (χ1n) is 5.48. The molecule has 1 saturated heterocycles. The van der Waals surface area contributed by atoms with Gasteiger partial charge in [-0.15, -0.1) is 0 Å². The van der Waals surface area contributed by atoms with Crippen LogP contribution in [0.4, 0.5) is 0 Å². The van der Waals surface area contributed by atoms with Crippen molar-refractivity contribution in [1.29, 1.82) is 0 Å². The molecule has 2 aliphatic rings. The van der Waals surface area contributed by atoms with Crippen molar-refractivity contribution in [1.82, 2.24) is 4.67 Å². The van der Waals surface area contributed by atoms with Gasteiger partial charge in [0.1, 0.15) is 0 Å². The van der Waals surface area contributed by atoms with Gasteiger partial charge < -0.3 is 4.52 Å². The van der Waals surface area contributed by atoms with E-state index in [-0.39, 0.29) is 5.60 Å². The Kier molecular flexibility index (Phi) is 3.10. The summed E-state index contributed by atoms with van der Waals surface area (Å²) in [7, 11) is -0.861. The Morgan fingerprint density at radius 3 is 2.86 bits per heavy atom. The first kappa shape index (κ1) is 11.1. The van der Waals surface area contributed by atoms with Crippen LogP contribution in [-0.2, 0) is 4.52 Å². The average molecular weight is 236 g/mol. The van der Waals surface area contributed by atoms with Crippen molar-refractivity contribution < 1.29 is 4.52 Å². The highest BCUT2D eigenvalue weighted by Gasteiger charge is 2.52. The van der Waals surface area contributed by atoms with Crippen LogP contribution in [0.5, 0.6) is 0 Å². The molecule has 1 saturated carbocycles. The second-order valence-corrected chi connectivity index (χ2v) is 6.83. The van der Waals surface area contributed by atoms with Crippen LogP contribution >= 0.6 is 18.9 Å². The van der Waals surface area contributed by atoms with E-state index in [1.54, 1.807) is 0 Å². The molecule has 0 N–H and O–H groups in total. The summed E-state index contributed by atoms with van der Waals surface area (Å²) in [6.45, 7) is 6.65. The van der Waals surface area contributed by atoms with Gasteiger partial charge in [-0.3, -0.25) is 0 Å². The lowest BCUT2D eigenvalue weighted by molar-refractivity contribution is 0.0397. The summed E-state index contributed by atoms with van der Waals surface area (Å²) in [6, 6.07) is 1.06. The molecule has 1 heterocycles. The van der Waals surface area contributed by atoms with E-state index >= 15 is 0 Å². The Hall–Kier alpha value is 0.640. The predicted molar refractivity (Wildman–Crippen MR) is 61.5 cm³/mol. The Morgan fingerprint density at radius 2 is 2.21 bits per heavy atom. The van der Waals surface area contributed by atoms with Crippen LogP contribution in [0.1, 0.15) is 46.5 Å². The zero-order valence-electron chi connectivity index (χ0n) is 9.16. The minimum atomic E-state index is -0.861. The van der Waals surface area contributed by atoms with Crippen molar-refractivity contribution in [2.75, 3.05) is 0 Å². The standard InChI is InChI=1S/C10H19ClNOP/c1-8(2)12-9-6-4-5-7-10(9,3)13-14(12)11/h8-9H,4-7H2,1-3H3/t9-,10+,14?/m0/s1. The summed E-state index contributed by atoms with van der Waals surface area (Å²) in [4.78, 5) is 0. The largest absolute Gasteiger partial charge is 0.323 e. The van der Waals surface area contributed by atoms with Crippen LogP contribution < -0.4 is 0 Å². The van der Waals surface area contributed by atoms with E-state index in [0.29, 0.717) is 12.1 Å². The van der Waals surface area contributed by atoms with E-state index in [1.807, 2.05) is 0 Å². The van der Waals surface area contributed by atoms with Gasteiger partial charge in [-0.2, -0.15) is 0 Å². The molecule has 3 atom stereocenters. The maximum Gasteiger partial charge on any atom is 0.207 e. The molecular formula is C10H19ClNOP. The number of halogens is 1. The summed E-state index contributed by atoms with van der Waals surface area (Å²) in [5.74, 6) is 0. The Bertz CT molecular complexity index is 226. The number of nitrogens with zero attached hydrogens (tertiary/aromatic N) is 1. The molecule has 0 aromatic carbocycles. The van der Waals surface area contributed by atoms with E-state index in [0.717, 1.165) is 0 Å². The van der Waals surface area contributed by atoms with E-state index in [4.69, 9.17) is 15.8 Å². The Labute approximate surface area is 92.6 Å². The van der Waals surface area contributed by atoms with Gasteiger partial charge in [-0.1, -0.05) is 12.8 Å². The lowest BCUT2D eigenvalue weighted by Gasteiger charge is -2.37. The molecule has 0 bridgehead atoms. The Balaban J connectivity index is 2.20. The maximum atomic E-state index is 6.31. The van der Waals surface area contributed by atoms with Gasteiger partial charge in [0.15, 0.2) is 0 Å². The molecule has 4 heteroatoms. The third-order valence-corrected chi connectivity index (χ3v) is 5.82. The third kappa shape index (κ3) is 1.71. The number of hydrogen-bond acceptors (Lipinski definition) is 2. The van der Waals surface area contributed by atoms with Crippen LogP contribution in [0.25, 0.3) is 0 Å². The summed E-state index contributed by atoms with van der Waals surface area (Å²) in [5, 5.41) is 0. The van der Waals surface area contributed by atoms with E-state index in [9.17, 15) is 0 Å². The second-order valence-electron chi connectivity index (χ2n) is 4.87. The van der Waals surface area contributed by atoms with Gasteiger partial charge in [0.05, 0.1) is 5.60 Å². The molecule has 1 unspecified atom stereocenters. The lowest BCUT2D eigenvalue weighted by Crippen LogP contribution is -2.46. The van der Waals surface area contributed by atoms with Crippen LogP contribution in [0.2, 0.25) is 0 Å². The molecule has 1 aliphatic heterocycles. The molecule has 0 aromatic rings. The van der Waals surface area contributed by atoms with Crippen LogP contribution in [-0.4, -0.2) is 22.4 Å². The minimum absolute atomic E-state index is 0.0377. The van der Waals surface area contributed by atoms with E-state index in [1.165, 1.54) is 25.7 Å². The van der Waals surface area contributed by atoms with Crippen molar-refractivity contribution in [3.05, 3.63) is 0 Å². The average Bonchev–Trinajstić information content (AvgIpc) is 2.34. The topological polar surface area (TPSA) is 12.5 Å². The van der Waals surface area contributed by atoms with Crippen molar-refractivity contribution in [3.8, 4) is 0 Å². The zero-order valence-corrected chi connectivity index (χ0v) is 10.8. The highest BCUT2D eigenvalue weighted by Crippen LogP contribution is 2.63. The van der Waals surface area contributed by atoms with Crippen molar-refractivity contribution in [3.63, 3.8) is 0 Å². The molecule has 14 heavy (non-hydrogen) atoms. The Morgan fingerprint density at radius 1 is 1.50 bits per heavy atom. The maximum absolute atomic E-state index is 6.31. The molecule has 0 spiro atoms. The van der Waals surface area contributed by atoms with Crippen molar-refractivity contribution >= 4 is 18.9 Å². The summed E-state index contributed by atoms with van der Waals surface area (Å²) < 4.78 is 8.37. The van der Waals surface area contributed by atoms with Crippen LogP contribution in [0.3, 0.4) is 0 Å². The van der Waals surface area contributed by atoms with Gasteiger partial charge in [-0.05, 0) is 44.9 Å². The molecule has 1 aliphatic carbocycles. The van der Waals surface area contributed by atoms with Gasteiger partial charge in [0.2, 0.25) is 7.65 Å². The highest BCUT2D eigenvalue weighted by molar-refractivity contribution is 7.78. The smallest absolute Gasteiger partial charge is 0.207 e. The first-order valence-corrected chi connectivity index (χ1v) is 7.59. The zero-order chi connectivity index (χ0) is 10.3. The van der Waals surface area contributed by atoms with Crippen molar-refractivity contribution in [2.24, 2.45) is 0 Å². The van der Waals surface area contributed by atoms with Crippen LogP contribution in [0, 0.1) is 0 Å². The minimum Gasteiger partial charge on any atom is -0.323 e. The molecule has 0 amide bonds. The number of rotatable bonds is 1. The quantitative estimate of drug-likeness (QED) is 0.640. The second kappa shape index (κ2) is 3.90. The normalized spacial score (nSPS) is 44.4. The number of fused-ring (bicyclic) bond motifs is 1. The number of hydrogen-bond donors (Lipinski definition) is 0. The monoisotopic (exact) mass is 235 g/mol. The fourth-order valence-electron chi connectivity index (χ4n) is 2.67.